The van der Waals surface area contributed by atoms with E-state index in [4.69, 9.17) is 4.98 Å². The average Bonchev–Trinajstić information content (AvgIpc) is 2.53. The molecule has 1 aromatic rings. The minimum atomic E-state index is -0.944. The van der Waals surface area contributed by atoms with Crippen LogP contribution in [0, 0.1) is 0 Å². The Morgan fingerprint density at radius 2 is 2.19 bits per heavy atom. The van der Waals surface area contributed by atoms with Crippen LogP contribution in [0.15, 0.2) is 0 Å². The maximum atomic E-state index is 11.5. The minimum absolute atomic E-state index is 0.188. The van der Waals surface area contributed by atoms with Gasteiger partial charge < -0.3 is 10.4 Å². The first-order valence-corrected chi connectivity index (χ1v) is 9.37. The molecule has 0 spiro atoms. The lowest BCUT2D eigenvalue weighted by Crippen LogP contribution is -2.30. The molecule has 2 atom stereocenters. The average molecular weight is 325 g/mol. The Kier molecular flexibility index (Phi) is 4.71. The normalized spacial score (nSPS) is 25.4. The number of hydrogen-bond acceptors (Lipinski definition) is 6. The van der Waals surface area contributed by atoms with Crippen molar-refractivity contribution in [3.8, 4) is 0 Å². The number of aromatic nitrogens is 2. The Bertz CT molecular complexity index is 553. The van der Waals surface area contributed by atoms with Crippen LogP contribution in [0.5, 0.6) is 0 Å². The molecule has 1 aromatic heterocycles. The first-order valence-electron chi connectivity index (χ1n) is 7.27. The highest BCUT2D eigenvalue weighted by Crippen LogP contribution is 2.43. The molecule has 2 unspecified atom stereocenters. The zero-order valence-corrected chi connectivity index (χ0v) is 13.6. The van der Waals surface area contributed by atoms with Gasteiger partial charge in [0, 0.05) is 41.8 Å². The van der Waals surface area contributed by atoms with Crippen LogP contribution in [0.2, 0.25) is 0 Å². The second-order valence-electron chi connectivity index (χ2n) is 5.20. The van der Waals surface area contributed by atoms with Crippen molar-refractivity contribution in [2.24, 2.45) is 0 Å². The lowest BCUT2D eigenvalue weighted by molar-refractivity contribution is 0.0687. The molecule has 0 radical (unpaired) electrons. The summed E-state index contributed by atoms with van der Waals surface area (Å²) < 4.78 is 0. The van der Waals surface area contributed by atoms with Gasteiger partial charge in [0.25, 0.3) is 0 Å². The van der Waals surface area contributed by atoms with Crippen LogP contribution < -0.4 is 5.32 Å². The topological polar surface area (TPSA) is 75.1 Å². The molecule has 1 saturated heterocycles. The van der Waals surface area contributed by atoms with Crippen LogP contribution in [0.3, 0.4) is 0 Å². The Morgan fingerprint density at radius 3 is 2.95 bits per heavy atom. The number of rotatable bonds is 3. The van der Waals surface area contributed by atoms with Gasteiger partial charge in [-0.3, -0.25) is 0 Å². The fourth-order valence-electron chi connectivity index (χ4n) is 2.81. The van der Waals surface area contributed by atoms with Gasteiger partial charge in [0.2, 0.25) is 0 Å². The molecule has 21 heavy (non-hydrogen) atoms. The van der Waals surface area contributed by atoms with Crippen LogP contribution in [0.4, 0.5) is 0 Å². The largest absolute Gasteiger partial charge is 0.476 e. The van der Waals surface area contributed by atoms with Gasteiger partial charge in [-0.2, -0.15) is 11.8 Å². The zero-order valence-electron chi connectivity index (χ0n) is 12.0. The van der Waals surface area contributed by atoms with Crippen molar-refractivity contribution in [1.29, 1.82) is 0 Å². The fourth-order valence-corrected chi connectivity index (χ4v) is 5.80. The van der Waals surface area contributed by atoms with Gasteiger partial charge in [0.05, 0.1) is 10.9 Å². The Hall–Kier alpha value is -0.790. The fraction of sp³-hybridized carbons (Fsp3) is 0.643. The molecule has 0 saturated carbocycles. The molecule has 2 aliphatic heterocycles. The summed E-state index contributed by atoms with van der Waals surface area (Å²) in [5, 5.41) is 13.4. The molecule has 2 aliphatic rings. The predicted octanol–water partition coefficient (Wildman–Crippen LogP) is 2.12. The molecule has 0 amide bonds. The van der Waals surface area contributed by atoms with Crippen molar-refractivity contribution < 1.29 is 9.90 Å². The lowest BCUT2D eigenvalue weighted by Gasteiger charge is -2.30. The first-order chi connectivity index (χ1) is 10.2. The summed E-state index contributed by atoms with van der Waals surface area (Å²) in [5.74, 6) is 2.01. The highest BCUT2D eigenvalue weighted by molar-refractivity contribution is 8.06. The molecule has 0 bridgehead atoms. The van der Waals surface area contributed by atoms with Gasteiger partial charge in [-0.15, -0.1) is 11.8 Å². The molecule has 0 aliphatic carbocycles. The molecule has 114 valence electrons. The van der Waals surface area contributed by atoms with E-state index in [1.165, 1.54) is 0 Å². The second kappa shape index (κ2) is 6.54. The lowest BCUT2D eigenvalue weighted by atomic mass is 10.0. The number of carboxylic acid groups (broad SMARTS) is 1. The third kappa shape index (κ3) is 3.05. The van der Waals surface area contributed by atoms with Crippen molar-refractivity contribution in [2.75, 3.05) is 18.1 Å². The number of aromatic carboxylic acids is 1. The number of fused-ring (bicyclic) bond motifs is 1. The monoisotopic (exact) mass is 325 g/mol. The number of nitrogens with zero attached hydrogens (tertiary/aromatic N) is 2. The molecule has 5 nitrogen and oxygen atoms in total. The maximum absolute atomic E-state index is 11.5. The quantitative estimate of drug-likeness (QED) is 0.881. The SMILES string of the molecule is CCC1SCCSC1c1nc2c(c(C(=O)O)n1)CNCC2. The van der Waals surface area contributed by atoms with E-state index in [1.54, 1.807) is 0 Å². The third-order valence-electron chi connectivity index (χ3n) is 3.86. The van der Waals surface area contributed by atoms with E-state index in [9.17, 15) is 9.90 Å². The van der Waals surface area contributed by atoms with Gasteiger partial charge in [-0.25, -0.2) is 14.8 Å². The summed E-state index contributed by atoms with van der Waals surface area (Å²) in [4.78, 5) is 20.7. The van der Waals surface area contributed by atoms with E-state index in [0.29, 0.717) is 11.8 Å². The summed E-state index contributed by atoms with van der Waals surface area (Å²) in [7, 11) is 0. The van der Waals surface area contributed by atoms with Crippen LogP contribution in [0.25, 0.3) is 0 Å². The van der Waals surface area contributed by atoms with E-state index < -0.39 is 5.97 Å². The smallest absolute Gasteiger partial charge is 0.354 e. The molecular formula is C14H19N3O2S2. The predicted molar refractivity (Wildman–Crippen MR) is 86.1 cm³/mol. The van der Waals surface area contributed by atoms with E-state index in [1.807, 2.05) is 23.5 Å². The number of hydrogen-bond donors (Lipinski definition) is 2. The zero-order chi connectivity index (χ0) is 14.8. The van der Waals surface area contributed by atoms with Gasteiger partial charge in [-0.05, 0) is 6.42 Å². The summed E-state index contributed by atoms with van der Waals surface area (Å²) in [5.41, 5.74) is 1.87. The maximum Gasteiger partial charge on any atom is 0.354 e. The van der Waals surface area contributed by atoms with Gasteiger partial charge in [0.15, 0.2) is 5.69 Å². The second-order valence-corrected chi connectivity index (χ2v) is 7.79. The van der Waals surface area contributed by atoms with Crippen molar-refractivity contribution in [3.05, 3.63) is 22.8 Å². The Labute approximate surface area is 132 Å². The van der Waals surface area contributed by atoms with Crippen LogP contribution >= 0.6 is 23.5 Å². The van der Waals surface area contributed by atoms with E-state index >= 15 is 0 Å². The van der Waals surface area contributed by atoms with Gasteiger partial charge >= 0.3 is 5.97 Å². The van der Waals surface area contributed by atoms with Crippen molar-refractivity contribution in [2.45, 2.75) is 36.8 Å². The molecule has 7 heteroatoms. The number of carbonyl (C=O) groups is 1. The minimum Gasteiger partial charge on any atom is -0.476 e. The van der Waals surface area contributed by atoms with Crippen LogP contribution in [0.1, 0.15) is 46.2 Å². The van der Waals surface area contributed by atoms with Crippen LogP contribution in [-0.4, -0.2) is 44.3 Å². The molecule has 1 fully saturated rings. The molecule has 3 heterocycles. The first kappa shape index (κ1) is 15.1. The third-order valence-corrected chi connectivity index (χ3v) is 7.10. The molecule has 2 N–H and O–H groups in total. The van der Waals surface area contributed by atoms with E-state index in [2.05, 4.69) is 17.2 Å². The summed E-state index contributed by atoms with van der Waals surface area (Å²) >= 11 is 3.82. The van der Waals surface area contributed by atoms with Gasteiger partial charge in [-0.1, -0.05) is 6.92 Å². The highest BCUT2D eigenvalue weighted by Gasteiger charge is 2.31. The number of thioether (sulfide) groups is 2. The van der Waals surface area contributed by atoms with Crippen molar-refractivity contribution >= 4 is 29.5 Å². The summed E-state index contributed by atoms with van der Waals surface area (Å²) in [6.07, 6.45) is 1.85. The number of carboxylic acids is 1. The van der Waals surface area contributed by atoms with Crippen LogP contribution in [-0.2, 0) is 13.0 Å². The Morgan fingerprint density at radius 1 is 1.38 bits per heavy atom. The number of nitrogens with one attached hydrogen (secondary N) is 1. The Balaban J connectivity index is 2.02. The standard InChI is InChI=1S/C14H19N3O2S2/c1-2-10-12(21-6-5-20-10)13-16-9-3-4-15-7-8(9)11(17-13)14(18)19/h10,12,15H,2-7H2,1H3,(H,18,19). The van der Waals surface area contributed by atoms with Crippen molar-refractivity contribution in [3.63, 3.8) is 0 Å². The van der Waals surface area contributed by atoms with E-state index in [-0.39, 0.29) is 10.9 Å². The molecular weight excluding hydrogens is 306 g/mol. The summed E-state index contributed by atoms with van der Waals surface area (Å²) in [6, 6.07) is 0. The highest BCUT2D eigenvalue weighted by atomic mass is 32.2. The summed E-state index contributed by atoms with van der Waals surface area (Å²) in [6.45, 7) is 3.59. The van der Waals surface area contributed by atoms with Gasteiger partial charge in [0.1, 0.15) is 5.82 Å². The van der Waals surface area contributed by atoms with Crippen molar-refractivity contribution in [1.82, 2.24) is 15.3 Å². The molecule has 3 rings (SSSR count). The molecule has 0 aromatic carbocycles. The van der Waals surface area contributed by atoms with E-state index in [0.717, 1.165) is 48.0 Å².